The van der Waals surface area contributed by atoms with E-state index in [-0.39, 0.29) is 5.91 Å². The molecular weight excluding hydrogens is 368 g/mol. The third-order valence-electron chi connectivity index (χ3n) is 5.15. The minimum Gasteiger partial charge on any atom is -0.494 e. The van der Waals surface area contributed by atoms with Crippen LogP contribution in [-0.2, 0) is 9.53 Å². The lowest BCUT2D eigenvalue weighted by Crippen LogP contribution is -2.17. The smallest absolute Gasteiger partial charge is 0.340 e. The van der Waals surface area contributed by atoms with Crippen LogP contribution in [-0.4, -0.2) is 30.6 Å². The molecule has 1 amide bonds. The van der Waals surface area contributed by atoms with Crippen LogP contribution in [0.5, 0.6) is 5.75 Å². The van der Waals surface area contributed by atoms with E-state index in [4.69, 9.17) is 9.47 Å². The number of para-hydroxylation sites is 1. The molecule has 4 rings (SSSR count). The van der Waals surface area contributed by atoms with Gasteiger partial charge in [-0.25, -0.2) is 4.79 Å². The molecule has 0 aliphatic carbocycles. The SMILES string of the molecule is CCOc1ccc(-c2[nH]c(C)c(C(=O)OC)c2[C@@H]2C(=O)Nc3ccccc32)cc1. The fourth-order valence-electron chi connectivity index (χ4n) is 3.91. The molecule has 2 N–H and O–H groups in total. The number of fused-ring (bicyclic) bond motifs is 1. The Labute approximate surface area is 168 Å². The molecule has 2 heterocycles. The highest BCUT2D eigenvalue weighted by molar-refractivity contribution is 6.08. The lowest BCUT2D eigenvalue weighted by Gasteiger charge is -2.14. The zero-order chi connectivity index (χ0) is 20.5. The van der Waals surface area contributed by atoms with Gasteiger partial charge in [0.1, 0.15) is 5.75 Å². The van der Waals surface area contributed by atoms with Crippen LogP contribution < -0.4 is 10.1 Å². The summed E-state index contributed by atoms with van der Waals surface area (Å²) in [5, 5.41) is 2.92. The van der Waals surface area contributed by atoms with Crippen molar-refractivity contribution < 1.29 is 19.1 Å². The standard InChI is InChI=1S/C23H22N2O4/c1-4-29-15-11-9-14(10-12-15)21-20(18(13(2)24-21)23(27)28-3)19-16-7-5-6-8-17(16)25-22(19)26/h5-12,19,24H,4H2,1-3H3,(H,25,26)/t19-/m1/s1. The zero-order valence-corrected chi connectivity index (χ0v) is 16.5. The summed E-state index contributed by atoms with van der Waals surface area (Å²) in [4.78, 5) is 28.9. The fourth-order valence-corrected chi connectivity index (χ4v) is 3.91. The van der Waals surface area contributed by atoms with E-state index in [1.54, 1.807) is 0 Å². The molecule has 148 valence electrons. The van der Waals surface area contributed by atoms with Crippen LogP contribution in [0.15, 0.2) is 48.5 Å². The number of H-pyrrole nitrogens is 1. The van der Waals surface area contributed by atoms with Gasteiger partial charge in [-0.1, -0.05) is 18.2 Å². The van der Waals surface area contributed by atoms with Crippen LogP contribution in [0.1, 0.15) is 40.0 Å². The Balaban J connectivity index is 1.92. The molecule has 6 heteroatoms. The highest BCUT2D eigenvalue weighted by Crippen LogP contribution is 2.43. The molecule has 1 atom stereocenters. The number of hydrogen-bond donors (Lipinski definition) is 2. The Kier molecular flexibility index (Phi) is 4.84. The number of ether oxygens (including phenoxy) is 2. The van der Waals surface area contributed by atoms with Gasteiger partial charge in [0.2, 0.25) is 5.91 Å². The molecule has 0 bridgehead atoms. The average molecular weight is 390 g/mol. The number of methoxy groups -OCH3 is 1. The Morgan fingerprint density at radius 3 is 2.52 bits per heavy atom. The van der Waals surface area contributed by atoms with Gasteiger partial charge in [0, 0.05) is 16.9 Å². The molecule has 3 aromatic rings. The van der Waals surface area contributed by atoms with Crippen LogP contribution in [0.2, 0.25) is 0 Å². The Morgan fingerprint density at radius 1 is 1.10 bits per heavy atom. The summed E-state index contributed by atoms with van der Waals surface area (Å²) in [7, 11) is 1.35. The summed E-state index contributed by atoms with van der Waals surface area (Å²) in [6.45, 7) is 4.32. The van der Waals surface area contributed by atoms with Crippen LogP contribution in [0.25, 0.3) is 11.3 Å². The number of carbonyl (C=O) groups excluding carboxylic acids is 2. The summed E-state index contributed by atoms with van der Waals surface area (Å²) in [6, 6.07) is 15.1. The number of aromatic amines is 1. The molecule has 1 aromatic heterocycles. The summed E-state index contributed by atoms with van der Waals surface area (Å²) < 4.78 is 10.6. The monoisotopic (exact) mass is 390 g/mol. The number of nitrogens with one attached hydrogen (secondary N) is 2. The minimum absolute atomic E-state index is 0.164. The number of esters is 1. The van der Waals surface area contributed by atoms with Crippen molar-refractivity contribution >= 4 is 17.6 Å². The van der Waals surface area contributed by atoms with Crippen molar-refractivity contribution in [2.45, 2.75) is 19.8 Å². The van der Waals surface area contributed by atoms with Gasteiger partial charge in [0.25, 0.3) is 0 Å². The van der Waals surface area contributed by atoms with Gasteiger partial charge in [0.15, 0.2) is 0 Å². The van der Waals surface area contributed by atoms with Crippen LogP contribution >= 0.6 is 0 Å². The van der Waals surface area contributed by atoms with Crippen molar-refractivity contribution in [2.24, 2.45) is 0 Å². The van der Waals surface area contributed by atoms with E-state index >= 15 is 0 Å². The van der Waals surface area contributed by atoms with Crippen molar-refractivity contribution in [1.82, 2.24) is 4.98 Å². The highest BCUT2D eigenvalue weighted by Gasteiger charge is 2.38. The number of aromatic nitrogens is 1. The first kappa shape index (κ1) is 18.8. The molecule has 0 spiro atoms. The van der Waals surface area contributed by atoms with Gasteiger partial charge in [-0.05, 0) is 55.3 Å². The number of hydrogen-bond acceptors (Lipinski definition) is 4. The third-order valence-corrected chi connectivity index (χ3v) is 5.15. The quantitative estimate of drug-likeness (QED) is 0.638. The van der Waals surface area contributed by atoms with Crippen LogP contribution in [0.4, 0.5) is 5.69 Å². The molecule has 1 aliphatic rings. The van der Waals surface area contributed by atoms with Crippen molar-refractivity contribution in [2.75, 3.05) is 19.0 Å². The number of anilines is 1. The molecule has 2 aromatic carbocycles. The second-order valence-corrected chi connectivity index (χ2v) is 6.87. The van der Waals surface area contributed by atoms with Crippen molar-refractivity contribution in [3.05, 3.63) is 70.9 Å². The van der Waals surface area contributed by atoms with E-state index in [1.807, 2.05) is 62.4 Å². The largest absolute Gasteiger partial charge is 0.494 e. The van der Waals surface area contributed by atoms with E-state index in [0.717, 1.165) is 28.3 Å². The lowest BCUT2D eigenvalue weighted by molar-refractivity contribution is -0.116. The normalized spacial score (nSPS) is 15.0. The predicted octanol–water partition coefficient (Wildman–Crippen LogP) is 4.26. The van der Waals surface area contributed by atoms with E-state index in [0.29, 0.717) is 23.4 Å². The maximum absolute atomic E-state index is 12.9. The molecule has 0 saturated carbocycles. The molecule has 6 nitrogen and oxygen atoms in total. The first-order valence-corrected chi connectivity index (χ1v) is 9.49. The molecule has 29 heavy (non-hydrogen) atoms. The maximum Gasteiger partial charge on any atom is 0.340 e. The number of amides is 1. The van der Waals surface area contributed by atoms with Crippen molar-refractivity contribution in [1.29, 1.82) is 0 Å². The second kappa shape index (κ2) is 7.47. The lowest BCUT2D eigenvalue weighted by atomic mass is 9.87. The fraction of sp³-hybridized carbons (Fsp3) is 0.217. The van der Waals surface area contributed by atoms with E-state index in [9.17, 15) is 9.59 Å². The summed E-state index contributed by atoms with van der Waals surface area (Å²) >= 11 is 0. The van der Waals surface area contributed by atoms with Gasteiger partial charge in [-0.3, -0.25) is 4.79 Å². The van der Waals surface area contributed by atoms with Gasteiger partial charge >= 0.3 is 5.97 Å². The van der Waals surface area contributed by atoms with Gasteiger partial charge < -0.3 is 19.8 Å². The molecule has 0 unspecified atom stereocenters. The number of aryl methyl sites for hydroxylation is 1. The molecule has 0 fully saturated rings. The number of benzene rings is 2. The summed E-state index contributed by atoms with van der Waals surface area (Å²) in [5.74, 6) is -0.476. The van der Waals surface area contributed by atoms with Gasteiger partial charge in [-0.15, -0.1) is 0 Å². The molecule has 0 saturated heterocycles. The predicted molar refractivity (Wildman–Crippen MR) is 110 cm³/mol. The highest BCUT2D eigenvalue weighted by atomic mass is 16.5. The Morgan fingerprint density at radius 2 is 1.83 bits per heavy atom. The minimum atomic E-state index is -0.605. The van der Waals surface area contributed by atoms with E-state index < -0.39 is 11.9 Å². The molecule has 0 radical (unpaired) electrons. The average Bonchev–Trinajstić information content (AvgIpc) is 3.23. The van der Waals surface area contributed by atoms with E-state index in [2.05, 4.69) is 10.3 Å². The molecule has 1 aliphatic heterocycles. The zero-order valence-electron chi connectivity index (χ0n) is 16.5. The number of carbonyl (C=O) groups is 2. The van der Waals surface area contributed by atoms with Crippen LogP contribution in [0.3, 0.4) is 0 Å². The topological polar surface area (TPSA) is 80.4 Å². The Bertz CT molecular complexity index is 1080. The molecular formula is C23H22N2O4. The summed E-state index contributed by atoms with van der Waals surface area (Å²) in [6.07, 6.45) is 0. The Hall–Kier alpha value is -3.54. The van der Waals surface area contributed by atoms with Crippen molar-refractivity contribution in [3.63, 3.8) is 0 Å². The summed E-state index contributed by atoms with van der Waals surface area (Å²) in [5.41, 5.74) is 4.87. The third kappa shape index (κ3) is 3.16. The van der Waals surface area contributed by atoms with Crippen LogP contribution in [0, 0.1) is 6.92 Å². The van der Waals surface area contributed by atoms with Gasteiger partial charge in [0.05, 0.1) is 30.9 Å². The first-order valence-electron chi connectivity index (χ1n) is 9.49. The maximum atomic E-state index is 12.9. The van der Waals surface area contributed by atoms with Crippen molar-refractivity contribution in [3.8, 4) is 17.0 Å². The second-order valence-electron chi connectivity index (χ2n) is 6.87. The first-order chi connectivity index (χ1) is 14.0. The number of rotatable bonds is 5. The van der Waals surface area contributed by atoms with E-state index in [1.165, 1.54) is 7.11 Å². The van der Waals surface area contributed by atoms with Gasteiger partial charge in [-0.2, -0.15) is 0 Å².